The number of nitrogens with one attached hydrogen (secondary N) is 1. The van der Waals surface area contributed by atoms with Crippen LogP contribution in [0.2, 0.25) is 5.02 Å². The molecule has 0 radical (unpaired) electrons. The Morgan fingerprint density at radius 2 is 2.00 bits per heavy atom. The van der Waals surface area contributed by atoms with Crippen molar-refractivity contribution in [3.8, 4) is 28.9 Å². The molecule has 0 saturated heterocycles. The van der Waals surface area contributed by atoms with Crippen LogP contribution in [0.15, 0.2) is 22.7 Å². The highest BCUT2D eigenvalue weighted by molar-refractivity contribution is 6.35. The standard InChI is InChI=1S/C17H12ClN7O/c1-7-8(2)26-17(22-7)15-14(23-12(5-19)16(20)24-15)9-3-10-6-21-25-13(10)11(18)4-9/h3-4,6H,1-2H3,(H2,20,24)(H,21,25). The Morgan fingerprint density at radius 3 is 2.69 bits per heavy atom. The van der Waals surface area contributed by atoms with E-state index in [1.54, 1.807) is 19.2 Å². The summed E-state index contributed by atoms with van der Waals surface area (Å²) in [5, 5.41) is 17.4. The van der Waals surface area contributed by atoms with Crippen LogP contribution in [0, 0.1) is 25.2 Å². The molecule has 1 aromatic carbocycles. The number of aromatic nitrogens is 5. The third kappa shape index (κ3) is 2.46. The van der Waals surface area contributed by atoms with E-state index in [4.69, 9.17) is 21.8 Å². The summed E-state index contributed by atoms with van der Waals surface area (Å²) in [7, 11) is 0. The van der Waals surface area contributed by atoms with Gasteiger partial charge in [-0.2, -0.15) is 10.4 Å². The van der Waals surface area contributed by atoms with E-state index in [0.717, 1.165) is 11.1 Å². The highest BCUT2D eigenvalue weighted by atomic mass is 35.5. The largest absolute Gasteiger partial charge is 0.440 e. The Hall–Kier alpha value is -3.44. The lowest BCUT2D eigenvalue weighted by atomic mass is 10.1. The number of benzene rings is 1. The first kappa shape index (κ1) is 16.1. The molecule has 3 aromatic heterocycles. The highest BCUT2D eigenvalue weighted by Gasteiger charge is 2.21. The lowest BCUT2D eigenvalue weighted by Crippen LogP contribution is -2.03. The molecule has 3 heterocycles. The number of H-pyrrole nitrogens is 1. The molecule has 3 N–H and O–H groups in total. The number of anilines is 1. The van der Waals surface area contributed by atoms with Crippen molar-refractivity contribution in [1.29, 1.82) is 5.26 Å². The first-order valence-electron chi connectivity index (χ1n) is 7.63. The third-order valence-electron chi connectivity index (χ3n) is 4.03. The first-order valence-corrected chi connectivity index (χ1v) is 8.00. The third-order valence-corrected chi connectivity index (χ3v) is 4.33. The van der Waals surface area contributed by atoms with E-state index in [0.29, 0.717) is 33.3 Å². The van der Waals surface area contributed by atoms with Crippen LogP contribution in [-0.2, 0) is 0 Å². The van der Waals surface area contributed by atoms with Crippen LogP contribution in [0.5, 0.6) is 0 Å². The summed E-state index contributed by atoms with van der Waals surface area (Å²) in [6.07, 6.45) is 1.65. The van der Waals surface area contributed by atoms with Crippen molar-refractivity contribution in [1.82, 2.24) is 25.1 Å². The normalized spacial score (nSPS) is 11.0. The van der Waals surface area contributed by atoms with Crippen molar-refractivity contribution in [2.75, 3.05) is 5.73 Å². The van der Waals surface area contributed by atoms with Crippen molar-refractivity contribution >= 4 is 28.3 Å². The number of nitrogens with two attached hydrogens (primary N) is 1. The monoisotopic (exact) mass is 365 g/mol. The van der Waals surface area contributed by atoms with Crippen LogP contribution in [0.25, 0.3) is 33.7 Å². The second kappa shape index (κ2) is 5.82. The van der Waals surface area contributed by atoms with Crippen LogP contribution in [-0.4, -0.2) is 25.1 Å². The summed E-state index contributed by atoms with van der Waals surface area (Å²) in [6, 6.07) is 5.51. The van der Waals surface area contributed by atoms with Gasteiger partial charge in [0.2, 0.25) is 5.89 Å². The van der Waals surface area contributed by atoms with Gasteiger partial charge in [-0.1, -0.05) is 11.6 Å². The fourth-order valence-electron chi connectivity index (χ4n) is 2.61. The highest BCUT2D eigenvalue weighted by Crippen LogP contribution is 2.34. The van der Waals surface area contributed by atoms with Gasteiger partial charge in [-0.25, -0.2) is 15.0 Å². The number of rotatable bonds is 2. The molecular formula is C17H12ClN7O. The minimum Gasteiger partial charge on any atom is -0.440 e. The Labute approximate surface area is 152 Å². The van der Waals surface area contributed by atoms with Gasteiger partial charge in [-0.05, 0) is 26.0 Å². The van der Waals surface area contributed by atoms with E-state index in [-0.39, 0.29) is 17.4 Å². The lowest BCUT2D eigenvalue weighted by Gasteiger charge is -2.08. The zero-order valence-electron chi connectivity index (χ0n) is 13.8. The van der Waals surface area contributed by atoms with Gasteiger partial charge in [0.1, 0.15) is 17.5 Å². The zero-order valence-corrected chi connectivity index (χ0v) is 14.6. The van der Waals surface area contributed by atoms with Crippen molar-refractivity contribution in [2.24, 2.45) is 0 Å². The van der Waals surface area contributed by atoms with Crippen LogP contribution in [0.3, 0.4) is 0 Å². The molecule has 0 aliphatic rings. The van der Waals surface area contributed by atoms with Gasteiger partial charge in [0.25, 0.3) is 0 Å². The molecular weight excluding hydrogens is 354 g/mol. The number of hydrogen-bond acceptors (Lipinski definition) is 7. The maximum Gasteiger partial charge on any atom is 0.247 e. The number of nitrogens with zero attached hydrogens (tertiary/aromatic N) is 5. The number of fused-ring (bicyclic) bond motifs is 1. The SMILES string of the molecule is Cc1nc(-c2nc(N)c(C#N)nc2-c2cc(Cl)c3[nH]ncc3c2)oc1C. The molecule has 4 aromatic rings. The molecule has 0 fully saturated rings. The summed E-state index contributed by atoms with van der Waals surface area (Å²) in [4.78, 5) is 13.1. The molecule has 0 aliphatic carbocycles. The van der Waals surface area contributed by atoms with Crippen molar-refractivity contribution < 1.29 is 4.42 Å². The zero-order chi connectivity index (χ0) is 18.4. The molecule has 8 nitrogen and oxygen atoms in total. The molecule has 0 spiro atoms. The van der Waals surface area contributed by atoms with Gasteiger partial charge in [0, 0.05) is 10.9 Å². The maximum absolute atomic E-state index is 9.28. The van der Waals surface area contributed by atoms with Crippen LogP contribution >= 0.6 is 11.6 Å². The number of nitrogen functional groups attached to an aromatic ring is 1. The summed E-state index contributed by atoms with van der Waals surface area (Å²) in [5.41, 5.74) is 8.72. The van der Waals surface area contributed by atoms with Gasteiger partial charge >= 0.3 is 0 Å². The van der Waals surface area contributed by atoms with E-state index in [1.165, 1.54) is 0 Å². The predicted molar refractivity (Wildman–Crippen MR) is 96.2 cm³/mol. The fourth-order valence-corrected chi connectivity index (χ4v) is 2.87. The van der Waals surface area contributed by atoms with Crippen LogP contribution < -0.4 is 5.73 Å². The van der Waals surface area contributed by atoms with Gasteiger partial charge in [-0.3, -0.25) is 5.10 Å². The Balaban J connectivity index is 2.03. The minimum atomic E-state index is 0.00948. The van der Waals surface area contributed by atoms with E-state index >= 15 is 0 Å². The predicted octanol–water partition coefficient (Wildman–Crippen LogP) is 3.40. The van der Waals surface area contributed by atoms with Crippen molar-refractivity contribution in [2.45, 2.75) is 13.8 Å². The fraction of sp³-hybridized carbons (Fsp3) is 0.118. The summed E-state index contributed by atoms with van der Waals surface area (Å²) in [6.45, 7) is 3.64. The molecule has 0 amide bonds. The molecule has 0 unspecified atom stereocenters. The second-order valence-electron chi connectivity index (χ2n) is 5.72. The average Bonchev–Trinajstić information content (AvgIpc) is 3.22. The number of oxazole rings is 1. The Morgan fingerprint density at radius 1 is 1.19 bits per heavy atom. The number of halogens is 1. The quantitative estimate of drug-likeness (QED) is 0.556. The molecule has 128 valence electrons. The molecule has 0 atom stereocenters. The van der Waals surface area contributed by atoms with E-state index in [2.05, 4.69) is 25.1 Å². The van der Waals surface area contributed by atoms with Gasteiger partial charge in [0.15, 0.2) is 17.2 Å². The number of nitriles is 1. The van der Waals surface area contributed by atoms with E-state index in [9.17, 15) is 5.26 Å². The number of aromatic amines is 1. The minimum absolute atomic E-state index is 0.00948. The Kier molecular flexibility index (Phi) is 3.60. The smallest absolute Gasteiger partial charge is 0.247 e. The number of hydrogen-bond donors (Lipinski definition) is 2. The Bertz CT molecular complexity index is 1180. The summed E-state index contributed by atoms with van der Waals surface area (Å²) in [5.74, 6) is 0.955. The van der Waals surface area contributed by atoms with Crippen molar-refractivity contribution in [3.63, 3.8) is 0 Å². The molecule has 0 aliphatic heterocycles. The molecule has 9 heteroatoms. The van der Waals surface area contributed by atoms with Crippen molar-refractivity contribution in [3.05, 3.63) is 40.5 Å². The van der Waals surface area contributed by atoms with Crippen LogP contribution in [0.1, 0.15) is 17.1 Å². The van der Waals surface area contributed by atoms with E-state index < -0.39 is 0 Å². The molecule has 0 bridgehead atoms. The first-order chi connectivity index (χ1) is 12.5. The topological polar surface area (TPSA) is 130 Å². The summed E-state index contributed by atoms with van der Waals surface area (Å²) >= 11 is 6.34. The van der Waals surface area contributed by atoms with Gasteiger partial charge in [0.05, 0.1) is 22.4 Å². The molecule has 0 saturated carbocycles. The molecule has 4 rings (SSSR count). The van der Waals surface area contributed by atoms with Gasteiger partial charge in [-0.15, -0.1) is 0 Å². The van der Waals surface area contributed by atoms with Crippen LogP contribution in [0.4, 0.5) is 5.82 Å². The lowest BCUT2D eigenvalue weighted by molar-refractivity contribution is 0.538. The maximum atomic E-state index is 9.28. The van der Waals surface area contributed by atoms with Gasteiger partial charge < -0.3 is 10.2 Å². The van der Waals surface area contributed by atoms with E-state index in [1.807, 2.05) is 19.1 Å². The average molecular weight is 366 g/mol. The summed E-state index contributed by atoms with van der Waals surface area (Å²) < 4.78 is 5.69. The second-order valence-corrected chi connectivity index (χ2v) is 6.13. The number of aryl methyl sites for hydroxylation is 2. The molecule has 26 heavy (non-hydrogen) atoms.